The second-order valence-corrected chi connectivity index (χ2v) is 15.0. The van der Waals surface area contributed by atoms with Gasteiger partial charge in [0, 0.05) is 12.5 Å². The van der Waals surface area contributed by atoms with E-state index in [0.29, 0.717) is 11.8 Å². The predicted molar refractivity (Wildman–Crippen MR) is 140 cm³/mol. The van der Waals surface area contributed by atoms with Gasteiger partial charge >= 0.3 is 0 Å². The van der Waals surface area contributed by atoms with Gasteiger partial charge in [0.05, 0.1) is 6.10 Å². The molecule has 9 atom stereocenters. The van der Waals surface area contributed by atoms with Crippen molar-refractivity contribution in [1.29, 1.82) is 0 Å². The van der Waals surface area contributed by atoms with E-state index in [-0.39, 0.29) is 45.0 Å². The molecule has 3 saturated carbocycles. The van der Waals surface area contributed by atoms with Crippen LogP contribution >= 0.6 is 0 Å². The lowest BCUT2D eigenvalue weighted by Gasteiger charge is -2.70. The third-order valence-electron chi connectivity index (χ3n) is 12.9. The lowest BCUT2D eigenvalue weighted by molar-refractivity contribution is -0.193. The molecule has 3 fully saturated rings. The molecule has 5 aliphatic carbocycles. The zero-order valence-electron chi connectivity index (χ0n) is 22.8. The molecule has 0 amide bonds. The van der Waals surface area contributed by atoms with Gasteiger partial charge in [0.1, 0.15) is 0 Å². The molecule has 2 nitrogen and oxygen atoms in total. The van der Waals surface area contributed by atoms with Crippen molar-refractivity contribution < 1.29 is 10.2 Å². The molecule has 0 bridgehead atoms. The van der Waals surface area contributed by atoms with E-state index < -0.39 is 6.10 Å². The summed E-state index contributed by atoms with van der Waals surface area (Å²) in [6.07, 6.45) is 19.9. The number of fused-ring (bicyclic) bond motifs is 6. The first-order valence-corrected chi connectivity index (χ1v) is 13.9. The van der Waals surface area contributed by atoms with Crippen LogP contribution in [0.15, 0.2) is 23.3 Å². The Kier molecular flexibility index (Phi) is 5.26. The fourth-order valence-electron chi connectivity index (χ4n) is 10.2. The highest BCUT2D eigenvalue weighted by molar-refractivity contribution is 5.45. The Hall–Kier alpha value is -1.04. The fraction of sp³-hybridized carbons (Fsp3) is 0.812. The van der Waals surface area contributed by atoms with Crippen molar-refractivity contribution >= 4 is 0 Å². The Bertz CT molecular complexity index is 981. The zero-order valence-corrected chi connectivity index (χ0v) is 22.8. The summed E-state index contributed by atoms with van der Waals surface area (Å²) in [6.45, 7) is 17.2. The van der Waals surface area contributed by atoms with Crippen molar-refractivity contribution in [3.8, 4) is 12.3 Å². The van der Waals surface area contributed by atoms with Crippen LogP contribution in [0, 0.1) is 62.6 Å². The van der Waals surface area contributed by atoms with E-state index in [1.807, 2.05) is 0 Å². The number of allylic oxidation sites excluding steroid dienone is 4. The van der Waals surface area contributed by atoms with Crippen molar-refractivity contribution in [2.45, 2.75) is 106 Å². The van der Waals surface area contributed by atoms with Crippen LogP contribution in [0.4, 0.5) is 0 Å². The Labute approximate surface area is 208 Å². The molecule has 2 N–H and O–H groups in total. The van der Waals surface area contributed by atoms with E-state index in [1.165, 1.54) is 32.1 Å². The monoisotopic (exact) mass is 464 g/mol. The predicted octanol–water partition coefficient (Wildman–Crippen LogP) is 6.92. The molecule has 188 valence electrons. The third-order valence-corrected chi connectivity index (χ3v) is 12.9. The summed E-state index contributed by atoms with van der Waals surface area (Å²) in [5, 5.41) is 21.4. The van der Waals surface area contributed by atoms with Gasteiger partial charge in [-0.15, -0.1) is 12.3 Å². The third kappa shape index (κ3) is 2.90. The average molecular weight is 465 g/mol. The lowest BCUT2D eigenvalue weighted by Crippen LogP contribution is -2.64. The number of aliphatic hydroxyl groups is 2. The SMILES string of the molecule is C#CC1C[C@@]2(C)C(CC[C@]3(C)C2C=CC2=C4C[C@@](C)(CO)CC[C@]4(C)CC[C@]23C)C(C)(C)C1O. The molecule has 0 radical (unpaired) electrons. The molecule has 5 aliphatic rings. The van der Waals surface area contributed by atoms with Crippen LogP contribution < -0.4 is 0 Å². The van der Waals surface area contributed by atoms with Crippen molar-refractivity contribution in [2.24, 2.45) is 50.2 Å². The standard InChI is InChI=1S/C32H48O2/c1-9-21-18-30(6)24(27(2,3)26(21)34)12-13-32(8)25(30)11-10-22-23-19-28(4,20-33)14-15-29(23,5)16-17-31(22,32)7/h1,10-11,21,24-26,33-34H,12-20H2,2-8H3/t21?,24?,25?,26?,28-,29+,30-,31+,32+/m0/s1. The number of rotatable bonds is 1. The van der Waals surface area contributed by atoms with E-state index in [1.54, 1.807) is 11.1 Å². The van der Waals surface area contributed by atoms with Crippen molar-refractivity contribution in [2.75, 3.05) is 6.61 Å². The fourth-order valence-corrected chi connectivity index (χ4v) is 10.2. The van der Waals surface area contributed by atoms with Crippen molar-refractivity contribution in [3.05, 3.63) is 23.3 Å². The van der Waals surface area contributed by atoms with E-state index in [9.17, 15) is 10.2 Å². The zero-order chi connectivity index (χ0) is 24.9. The molecule has 5 rings (SSSR count). The van der Waals surface area contributed by atoms with Gasteiger partial charge in [0.25, 0.3) is 0 Å². The highest BCUT2D eigenvalue weighted by atomic mass is 16.3. The van der Waals surface area contributed by atoms with Crippen LogP contribution in [0.5, 0.6) is 0 Å². The quantitative estimate of drug-likeness (QED) is 0.413. The average Bonchev–Trinajstić information content (AvgIpc) is 2.78. The topological polar surface area (TPSA) is 40.5 Å². The van der Waals surface area contributed by atoms with Crippen LogP contribution in [0.3, 0.4) is 0 Å². The molecule has 4 unspecified atom stereocenters. The molecule has 0 saturated heterocycles. The maximum Gasteiger partial charge on any atom is 0.0731 e. The van der Waals surface area contributed by atoms with E-state index >= 15 is 0 Å². The molecule has 34 heavy (non-hydrogen) atoms. The molecule has 0 aromatic heterocycles. The smallest absolute Gasteiger partial charge is 0.0731 e. The Morgan fingerprint density at radius 3 is 2.32 bits per heavy atom. The molecule has 0 heterocycles. The van der Waals surface area contributed by atoms with E-state index in [2.05, 4.69) is 66.5 Å². The van der Waals surface area contributed by atoms with Gasteiger partial charge in [-0.25, -0.2) is 0 Å². The summed E-state index contributed by atoms with van der Waals surface area (Å²) in [5.41, 5.74) is 3.79. The lowest BCUT2D eigenvalue weighted by atomic mass is 9.34. The first kappa shape index (κ1) is 24.6. The van der Waals surface area contributed by atoms with Crippen molar-refractivity contribution in [3.63, 3.8) is 0 Å². The maximum absolute atomic E-state index is 11.2. The molecule has 0 aromatic carbocycles. The Balaban J connectivity index is 1.65. The molecule has 0 aliphatic heterocycles. The van der Waals surface area contributed by atoms with E-state index in [0.717, 1.165) is 19.3 Å². The van der Waals surface area contributed by atoms with Gasteiger partial charge in [-0.05, 0) is 101 Å². The second kappa shape index (κ2) is 7.26. The highest BCUT2D eigenvalue weighted by Gasteiger charge is 2.67. The van der Waals surface area contributed by atoms with Gasteiger partial charge < -0.3 is 10.2 Å². The molecular weight excluding hydrogens is 416 g/mol. The second-order valence-electron chi connectivity index (χ2n) is 15.0. The molecule has 0 spiro atoms. The minimum atomic E-state index is -0.422. The largest absolute Gasteiger partial charge is 0.396 e. The summed E-state index contributed by atoms with van der Waals surface area (Å²) in [4.78, 5) is 0. The summed E-state index contributed by atoms with van der Waals surface area (Å²) in [6, 6.07) is 0. The molecule has 0 aromatic rings. The number of terminal acetylenes is 1. The van der Waals surface area contributed by atoms with Gasteiger partial charge in [0.2, 0.25) is 0 Å². The summed E-state index contributed by atoms with van der Waals surface area (Å²) >= 11 is 0. The Morgan fingerprint density at radius 1 is 1.00 bits per heavy atom. The minimum Gasteiger partial charge on any atom is -0.396 e. The van der Waals surface area contributed by atoms with Crippen LogP contribution in [-0.2, 0) is 0 Å². The number of hydrogen-bond donors (Lipinski definition) is 2. The van der Waals surface area contributed by atoms with Gasteiger partial charge in [-0.1, -0.05) is 66.2 Å². The van der Waals surface area contributed by atoms with Crippen LogP contribution in [0.1, 0.15) is 99.8 Å². The van der Waals surface area contributed by atoms with Gasteiger partial charge in [-0.3, -0.25) is 0 Å². The highest BCUT2D eigenvalue weighted by Crippen LogP contribution is 2.74. The van der Waals surface area contributed by atoms with Crippen LogP contribution in [0.25, 0.3) is 0 Å². The number of aliphatic hydroxyl groups excluding tert-OH is 2. The normalized spacial score (nSPS) is 53.8. The number of hydrogen-bond acceptors (Lipinski definition) is 2. The summed E-state index contributed by atoms with van der Waals surface area (Å²) < 4.78 is 0. The maximum atomic E-state index is 11.2. The summed E-state index contributed by atoms with van der Waals surface area (Å²) in [7, 11) is 0. The Morgan fingerprint density at radius 2 is 1.68 bits per heavy atom. The first-order valence-electron chi connectivity index (χ1n) is 13.9. The first-order chi connectivity index (χ1) is 15.7. The summed E-state index contributed by atoms with van der Waals surface area (Å²) in [5.74, 6) is 3.86. The minimum absolute atomic E-state index is 0.0128. The van der Waals surface area contributed by atoms with Gasteiger partial charge in [0.15, 0.2) is 0 Å². The van der Waals surface area contributed by atoms with Crippen molar-refractivity contribution in [1.82, 2.24) is 0 Å². The molecular formula is C32H48O2. The van der Waals surface area contributed by atoms with E-state index in [4.69, 9.17) is 6.42 Å². The van der Waals surface area contributed by atoms with Crippen LogP contribution in [-0.4, -0.2) is 22.9 Å². The van der Waals surface area contributed by atoms with Crippen LogP contribution in [0.2, 0.25) is 0 Å². The molecule has 2 heteroatoms. The van der Waals surface area contributed by atoms with Gasteiger partial charge in [-0.2, -0.15) is 0 Å².